The normalized spacial score (nSPS) is 14.2. The first-order valence-electron chi connectivity index (χ1n) is 9.52. The number of carbonyl (C=O) groups is 1. The molecule has 6 heteroatoms. The topological polar surface area (TPSA) is 38.1 Å². The number of thioether (sulfide) groups is 1. The van der Waals surface area contributed by atoms with Gasteiger partial charge in [-0.2, -0.15) is 0 Å². The van der Waals surface area contributed by atoms with E-state index in [1.807, 2.05) is 41.4 Å². The Morgan fingerprint density at radius 3 is 2.43 bits per heavy atom. The molecule has 1 saturated heterocycles. The molecule has 1 aliphatic rings. The lowest BCUT2D eigenvalue weighted by atomic mass is 10.1. The Balaban J connectivity index is 1.59. The first-order valence-corrected chi connectivity index (χ1v) is 11.3. The van der Waals surface area contributed by atoms with Crippen molar-refractivity contribution in [3.63, 3.8) is 0 Å². The maximum Gasteiger partial charge on any atom is 0.233 e. The number of benzene rings is 2. The number of aromatic nitrogens is 2. The summed E-state index contributed by atoms with van der Waals surface area (Å²) in [6.07, 6.45) is 5.50. The van der Waals surface area contributed by atoms with E-state index in [0.29, 0.717) is 5.75 Å². The molecule has 28 heavy (non-hydrogen) atoms. The molecule has 144 valence electrons. The van der Waals surface area contributed by atoms with Gasteiger partial charge in [0.25, 0.3) is 0 Å². The summed E-state index contributed by atoms with van der Waals surface area (Å²) in [5, 5.41) is 0.839. The first-order chi connectivity index (χ1) is 13.7. The van der Waals surface area contributed by atoms with Gasteiger partial charge in [0, 0.05) is 35.0 Å². The Bertz CT molecular complexity index is 934. The van der Waals surface area contributed by atoms with Crippen LogP contribution < -0.4 is 0 Å². The fourth-order valence-electron chi connectivity index (χ4n) is 3.36. The molecule has 1 amide bonds. The van der Waals surface area contributed by atoms with Crippen LogP contribution in [-0.2, 0) is 4.79 Å². The van der Waals surface area contributed by atoms with Crippen LogP contribution in [0, 0.1) is 0 Å². The average Bonchev–Trinajstić information content (AvgIpc) is 3.18. The number of imidazole rings is 1. The lowest BCUT2D eigenvalue weighted by Gasteiger charge is -2.26. The molecule has 4 nitrogen and oxygen atoms in total. The van der Waals surface area contributed by atoms with Gasteiger partial charge in [-0.05, 0) is 43.5 Å². The molecular weight excluding hydrogens is 434 g/mol. The molecule has 1 aromatic heterocycles. The molecule has 2 aromatic carbocycles. The average molecular weight is 456 g/mol. The van der Waals surface area contributed by atoms with E-state index in [1.165, 1.54) is 18.2 Å². The smallest absolute Gasteiger partial charge is 0.233 e. The minimum Gasteiger partial charge on any atom is -0.342 e. The van der Waals surface area contributed by atoms with Crippen LogP contribution in [0.25, 0.3) is 16.9 Å². The summed E-state index contributed by atoms with van der Waals surface area (Å²) in [5.74, 6) is 0.623. The van der Waals surface area contributed by atoms with Gasteiger partial charge in [-0.25, -0.2) is 4.98 Å². The maximum atomic E-state index is 12.6. The second-order valence-corrected chi connectivity index (χ2v) is 8.71. The second-order valence-electron chi connectivity index (χ2n) is 6.85. The first kappa shape index (κ1) is 19.3. The quantitative estimate of drug-likeness (QED) is 0.482. The zero-order chi connectivity index (χ0) is 19.3. The summed E-state index contributed by atoms with van der Waals surface area (Å²) in [5.41, 5.74) is 3.02. The highest BCUT2D eigenvalue weighted by Gasteiger charge is 2.19. The third-order valence-corrected chi connectivity index (χ3v) is 6.35. The summed E-state index contributed by atoms with van der Waals surface area (Å²) in [6.45, 7) is 1.77. The van der Waals surface area contributed by atoms with E-state index in [-0.39, 0.29) is 5.91 Å². The Kier molecular flexibility index (Phi) is 6.17. The van der Waals surface area contributed by atoms with Crippen molar-refractivity contribution in [3.05, 3.63) is 65.3 Å². The Morgan fingerprint density at radius 1 is 1.00 bits per heavy atom. The van der Waals surface area contributed by atoms with Crippen LogP contribution in [0.15, 0.2) is 70.4 Å². The Labute approximate surface area is 178 Å². The van der Waals surface area contributed by atoms with Crippen molar-refractivity contribution in [2.45, 2.75) is 24.4 Å². The van der Waals surface area contributed by atoms with Gasteiger partial charge in [0.1, 0.15) is 0 Å². The van der Waals surface area contributed by atoms with Crippen molar-refractivity contribution in [3.8, 4) is 16.9 Å². The number of hydrogen-bond donors (Lipinski definition) is 0. The minimum absolute atomic E-state index is 0.205. The van der Waals surface area contributed by atoms with Crippen LogP contribution in [0.1, 0.15) is 19.3 Å². The number of amides is 1. The predicted molar refractivity (Wildman–Crippen MR) is 118 cm³/mol. The maximum absolute atomic E-state index is 12.6. The lowest BCUT2D eigenvalue weighted by Crippen LogP contribution is -2.36. The van der Waals surface area contributed by atoms with Gasteiger partial charge >= 0.3 is 0 Å². The second kappa shape index (κ2) is 8.97. The Hall–Kier alpha value is -2.05. The molecule has 0 unspecified atom stereocenters. The number of piperidine rings is 1. The van der Waals surface area contributed by atoms with Gasteiger partial charge in [-0.15, -0.1) is 0 Å². The van der Waals surface area contributed by atoms with E-state index in [2.05, 4.69) is 44.8 Å². The molecule has 3 aromatic rings. The molecule has 0 aliphatic carbocycles. The Morgan fingerprint density at radius 2 is 1.71 bits per heavy atom. The van der Waals surface area contributed by atoms with Crippen LogP contribution in [0.3, 0.4) is 0 Å². The summed E-state index contributed by atoms with van der Waals surface area (Å²) < 4.78 is 3.11. The number of likely N-dealkylation sites (tertiary alicyclic amines) is 1. The van der Waals surface area contributed by atoms with Gasteiger partial charge in [0.2, 0.25) is 5.91 Å². The van der Waals surface area contributed by atoms with Crippen LogP contribution in [0.4, 0.5) is 0 Å². The number of rotatable bonds is 5. The van der Waals surface area contributed by atoms with Crippen LogP contribution >= 0.6 is 27.7 Å². The van der Waals surface area contributed by atoms with Crippen molar-refractivity contribution in [2.75, 3.05) is 18.8 Å². The zero-order valence-corrected chi connectivity index (χ0v) is 18.0. The van der Waals surface area contributed by atoms with E-state index in [1.54, 1.807) is 0 Å². The van der Waals surface area contributed by atoms with Crippen molar-refractivity contribution in [1.29, 1.82) is 0 Å². The van der Waals surface area contributed by atoms with Crippen molar-refractivity contribution in [2.24, 2.45) is 0 Å². The fraction of sp³-hybridized carbons (Fsp3) is 0.273. The van der Waals surface area contributed by atoms with Gasteiger partial charge in [0.15, 0.2) is 5.16 Å². The number of hydrogen-bond acceptors (Lipinski definition) is 3. The molecule has 0 bridgehead atoms. The number of halogens is 1. The molecular formula is C22H22BrN3OS. The van der Waals surface area contributed by atoms with Gasteiger partial charge < -0.3 is 4.90 Å². The molecule has 4 rings (SSSR count). The summed E-state index contributed by atoms with van der Waals surface area (Å²) >= 11 is 5.00. The SMILES string of the molecule is O=C(CSc1nc(-c2ccccc2)cn1-c1ccc(Br)cc1)N1CCCCC1. The van der Waals surface area contributed by atoms with Crippen molar-refractivity contribution < 1.29 is 4.79 Å². The van der Waals surface area contributed by atoms with E-state index in [4.69, 9.17) is 4.98 Å². The van der Waals surface area contributed by atoms with E-state index < -0.39 is 0 Å². The van der Waals surface area contributed by atoms with Gasteiger partial charge in [-0.3, -0.25) is 9.36 Å². The van der Waals surface area contributed by atoms with Crippen LogP contribution in [0.2, 0.25) is 0 Å². The number of nitrogens with zero attached hydrogens (tertiary/aromatic N) is 3. The van der Waals surface area contributed by atoms with Crippen molar-refractivity contribution in [1.82, 2.24) is 14.5 Å². The monoisotopic (exact) mass is 455 g/mol. The van der Waals surface area contributed by atoms with Gasteiger partial charge in [-0.1, -0.05) is 58.0 Å². The van der Waals surface area contributed by atoms with E-state index >= 15 is 0 Å². The van der Waals surface area contributed by atoms with Crippen LogP contribution in [0.5, 0.6) is 0 Å². The molecule has 0 atom stereocenters. The third kappa shape index (κ3) is 4.50. The highest BCUT2D eigenvalue weighted by atomic mass is 79.9. The fourth-order valence-corrected chi connectivity index (χ4v) is 4.52. The lowest BCUT2D eigenvalue weighted by molar-refractivity contribution is -0.129. The summed E-state index contributed by atoms with van der Waals surface area (Å²) in [6, 6.07) is 18.3. The predicted octanol–water partition coefficient (Wildman–Crippen LogP) is 5.41. The van der Waals surface area contributed by atoms with E-state index in [0.717, 1.165) is 52.5 Å². The molecule has 1 aliphatic heterocycles. The zero-order valence-electron chi connectivity index (χ0n) is 15.6. The molecule has 0 radical (unpaired) electrons. The highest BCUT2D eigenvalue weighted by molar-refractivity contribution is 9.10. The van der Waals surface area contributed by atoms with E-state index in [9.17, 15) is 4.79 Å². The van der Waals surface area contributed by atoms with Crippen LogP contribution in [-0.4, -0.2) is 39.2 Å². The van der Waals surface area contributed by atoms with Crippen molar-refractivity contribution >= 4 is 33.6 Å². The molecule has 0 saturated carbocycles. The molecule has 0 spiro atoms. The largest absolute Gasteiger partial charge is 0.342 e. The standard InChI is InChI=1S/C22H22BrN3OS/c23-18-9-11-19(12-10-18)26-15-20(17-7-3-1-4-8-17)24-22(26)28-16-21(27)25-13-5-2-6-14-25/h1,3-4,7-12,15H,2,5-6,13-14,16H2. The minimum atomic E-state index is 0.205. The molecule has 2 heterocycles. The highest BCUT2D eigenvalue weighted by Crippen LogP contribution is 2.28. The third-order valence-electron chi connectivity index (χ3n) is 4.88. The summed E-state index contributed by atoms with van der Waals surface area (Å²) in [7, 11) is 0. The van der Waals surface area contributed by atoms with Gasteiger partial charge in [0.05, 0.1) is 11.4 Å². The number of carbonyl (C=O) groups excluding carboxylic acids is 1. The summed E-state index contributed by atoms with van der Waals surface area (Å²) in [4.78, 5) is 19.4. The molecule has 0 N–H and O–H groups in total. The molecule has 1 fully saturated rings.